The van der Waals surface area contributed by atoms with Gasteiger partial charge in [0.1, 0.15) is 11.3 Å². The van der Waals surface area contributed by atoms with Gasteiger partial charge in [-0.05, 0) is 12.5 Å². The number of fused-ring (bicyclic) bond motifs is 1. The molecule has 1 heterocycles. The number of carbonyl (C=O) groups is 1. The fourth-order valence-electron chi connectivity index (χ4n) is 2.09. The van der Waals surface area contributed by atoms with Crippen molar-refractivity contribution in [3.8, 4) is 0 Å². The van der Waals surface area contributed by atoms with Crippen LogP contribution in [0, 0.1) is 20.2 Å². The molecule has 0 spiro atoms. The fraction of sp³-hybridized carbons (Fsp3) is 0.231. The van der Waals surface area contributed by atoms with Crippen molar-refractivity contribution in [2.45, 2.75) is 12.8 Å². The van der Waals surface area contributed by atoms with Gasteiger partial charge in [-0.2, -0.15) is 0 Å². The number of nitro groups is 2. The Bertz CT molecular complexity index is 889. The van der Waals surface area contributed by atoms with Crippen LogP contribution in [0.4, 0.5) is 17.1 Å². The van der Waals surface area contributed by atoms with E-state index in [2.05, 4.69) is 5.32 Å². The molecule has 0 saturated heterocycles. The van der Waals surface area contributed by atoms with Gasteiger partial charge in [-0.1, -0.05) is 0 Å². The molecule has 1 aromatic heterocycles. The number of aliphatic carboxylic acids is 1. The van der Waals surface area contributed by atoms with Crippen LogP contribution in [0.3, 0.4) is 0 Å². The van der Waals surface area contributed by atoms with Crippen molar-refractivity contribution in [3.63, 3.8) is 0 Å². The lowest BCUT2D eigenvalue weighted by Crippen LogP contribution is -2.13. The molecule has 0 saturated carbocycles. The molecule has 24 heavy (non-hydrogen) atoms. The molecule has 11 heteroatoms. The van der Waals surface area contributed by atoms with Crippen LogP contribution < -0.4 is 10.9 Å². The van der Waals surface area contributed by atoms with Gasteiger partial charge in [-0.3, -0.25) is 25.0 Å². The number of carboxylic acid groups (broad SMARTS) is 1. The van der Waals surface area contributed by atoms with Gasteiger partial charge in [0.15, 0.2) is 0 Å². The number of hydrogen-bond donors (Lipinski definition) is 2. The highest BCUT2D eigenvalue weighted by Gasteiger charge is 2.25. The molecule has 126 valence electrons. The van der Waals surface area contributed by atoms with E-state index >= 15 is 0 Å². The monoisotopic (exact) mass is 337 g/mol. The van der Waals surface area contributed by atoms with E-state index in [1.54, 1.807) is 0 Å². The Morgan fingerprint density at radius 1 is 1.25 bits per heavy atom. The SMILES string of the molecule is O=C(O)CCCNc1c([N+](=O)[O-])c(=O)oc2ccc([N+](=O)[O-])cc12. The third-order valence-electron chi connectivity index (χ3n) is 3.13. The summed E-state index contributed by atoms with van der Waals surface area (Å²) in [6.45, 7) is 0.0222. The van der Waals surface area contributed by atoms with Crippen LogP contribution in [-0.4, -0.2) is 27.5 Å². The number of nitrogens with one attached hydrogen (secondary N) is 1. The fourth-order valence-corrected chi connectivity index (χ4v) is 2.09. The molecule has 1 aromatic carbocycles. The minimum absolute atomic E-state index is 0.00850. The molecule has 0 unspecified atom stereocenters. The summed E-state index contributed by atoms with van der Waals surface area (Å²) < 4.78 is 4.82. The number of hydrogen-bond acceptors (Lipinski definition) is 8. The third kappa shape index (κ3) is 3.45. The summed E-state index contributed by atoms with van der Waals surface area (Å²) in [5.41, 5.74) is -2.73. The van der Waals surface area contributed by atoms with E-state index in [9.17, 15) is 29.8 Å². The van der Waals surface area contributed by atoms with Crippen molar-refractivity contribution in [3.05, 3.63) is 48.8 Å². The van der Waals surface area contributed by atoms with Crippen molar-refractivity contribution in [1.82, 2.24) is 0 Å². The highest BCUT2D eigenvalue weighted by atomic mass is 16.6. The van der Waals surface area contributed by atoms with Gasteiger partial charge in [0.05, 0.1) is 15.2 Å². The first-order valence-electron chi connectivity index (χ1n) is 6.66. The lowest BCUT2D eigenvalue weighted by atomic mass is 10.1. The second kappa shape index (κ2) is 6.73. The molecule has 0 radical (unpaired) electrons. The molecule has 0 atom stereocenters. The average molecular weight is 337 g/mol. The van der Waals surface area contributed by atoms with Gasteiger partial charge < -0.3 is 14.8 Å². The Labute approximate surface area is 132 Å². The van der Waals surface area contributed by atoms with Gasteiger partial charge in [-0.25, -0.2) is 4.79 Å². The zero-order valence-corrected chi connectivity index (χ0v) is 12.1. The van der Waals surface area contributed by atoms with Gasteiger partial charge in [-0.15, -0.1) is 0 Å². The maximum atomic E-state index is 11.8. The van der Waals surface area contributed by atoms with E-state index in [0.717, 1.165) is 12.1 Å². The highest BCUT2D eigenvalue weighted by Crippen LogP contribution is 2.32. The molecule has 2 rings (SSSR count). The van der Waals surface area contributed by atoms with E-state index in [1.807, 2.05) is 0 Å². The molecule has 0 aliphatic carbocycles. The Morgan fingerprint density at radius 3 is 2.54 bits per heavy atom. The number of benzene rings is 1. The Kier molecular flexibility index (Phi) is 4.73. The number of non-ortho nitro benzene ring substituents is 1. The summed E-state index contributed by atoms with van der Waals surface area (Å²) in [7, 11) is 0. The van der Waals surface area contributed by atoms with Gasteiger partial charge in [0.25, 0.3) is 5.69 Å². The van der Waals surface area contributed by atoms with E-state index in [1.165, 1.54) is 6.07 Å². The number of anilines is 1. The highest BCUT2D eigenvalue weighted by molar-refractivity contribution is 5.95. The average Bonchev–Trinajstić information content (AvgIpc) is 2.49. The Hall–Kier alpha value is -3.50. The summed E-state index contributed by atoms with van der Waals surface area (Å²) in [5.74, 6) is -1.04. The molecular weight excluding hydrogens is 326 g/mol. The third-order valence-corrected chi connectivity index (χ3v) is 3.13. The van der Waals surface area contributed by atoms with Gasteiger partial charge in [0.2, 0.25) is 0 Å². The molecule has 0 amide bonds. The molecular formula is C13H11N3O8. The van der Waals surface area contributed by atoms with Crippen LogP contribution >= 0.6 is 0 Å². The second-order valence-electron chi connectivity index (χ2n) is 4.73. The van der Waals surface area contributed by atoms with Crippen molar-refractivity contribution in [1.29, 1.82) is 0 Å². The van der Waals surface area contributed by atoms with Crippen LogP contribution in [0.15, 0.2) is 27.4 Å². The second-order valence-corrected chi connectivity index (χ2v) is 4.73. The molecule has 0 aliphatic heterocycles. The molecule has 2 aromatic rings. The van der Waals surface area contributed by atoms with E-state index in [0.29, 0.717) is 0 Å². The number of nitro benzene ring substituents is 1. The van der Waals surface area contributed by atoms with Crippen LogP contribution in [-0.2, 0) is 4.79 Å². The summed E-state index contributed by atoms with van der Waals surface area (Å²) >= 11 is 0. The van der Waals surface area contributed by atoms with E-state index in [4.69, 9.17) is 9.52 Å². The lowest BCUT2D eigenvalue weighted by molar-refractivity contribution is -0.386. The maximum absolute atomic E-state index is 11.8. The predicted molar refractivity (Wildman–Crippen MR) is 81.2 cm³/mol. The zero-order valence-electron chi connectivity index (χ0n) is 12.1. The summed E-state index contributed by atoms with van der Waals surface area (Å²) in [5, 5.41) is 33.2. The maximum Gasteiger partial charge on any atom is 0.417 e. The smallest absolute Gasteiger partial charge is 0.417 e. The van der Waals surface area contributed by atoms with Crippen LogP contribution in [0.1, 0.15) is 12.8 Å². The van der Waals surface area contributed by atoms with Crippen LogP contribution in [0.5, 0.6) is 0 Å². The zero-order chi connectivity index (χ0) is 17.9. The molecule has 2 N–H and O–H groups in total. The first kappa shape index (κ1) is 16.9. The van der Waals surface area contributed by atoms with Crippen molar-refractivity contribution >= 4 is 34.0 Å². The Morgan fingerprint density at radius 2 is 1.96 bits per heavy atom. The van der Waals surface area contributed by atoms with E-state index < -0.39 is 27.1 Å². The Balaban J connectivity index is 2.56. The van der Waals surface area contributed by atoms with Crippen molar-refractivity contribution in [2.24, 2.45) is 0 Å². The van der Waals surface area contributed by atoms with Crippen molar-refractivity contribution < 1.29 is 24.2 Å². The largest absolute Gasteiger partial charge is 0.481 e. The number of rotatable bonds is 7. The number of carboxylic acids is 1. The minimum Gasteiger partial charge on any atom is -0.481 e. The summed E-state index contributed by atoms with van der Waals surface area (Å²) in [4.78, 5) is 42.6. The summed E-state index contributed by atoms with van der Waals surface area (Å²) in [6, 6.07) is 3.32. The minimum atomic E-state index is -1.21. The molecule has 0 fully saturated rings. The topological polar surface area (TPSA) is 166 Å². The molecule has 0 aliphatic rings. The number of nitrogens with zero attached hydrogens (tertiary/aromatic N) is 2. The summed E-state index contributed by atoms with van der Waals surface area (Å²) in [6.07, 6.45) is -0.0382. The quantitative estimate of drug-likeness (QED) is 0.332. The van der Waals surface area contributed by atoms with Crippen LogP contribution in [0.25, 0.3) is 11.0 Å². The standard InChI is InChI=1S/C13H11N3O8/c17-10(18)2-1-5-14-11-8-6-7(15(20)21)3-4-9(8)24-13(19)12(11)16(22)23/h3-4,6,14H,1-2,5H2,(H,17,18). The van der Waals surface area contributed by atoms with Gasteiger partial charge in [0, 0.05) is 25.1 Å². The van der Waals surface area contributed by atoms with Crippen LogP contribution in [0.2, 0.25) is 0 Å². The van der Waals surface area contributed by atoms with Crippen molar-refractivity contribution in [2.75, 3.05) is 11.9 Å². The lowest BCUT2D eigenvalue weighted by Gasteiger charge is -2.08. The molecule has 11 nitrogen and oxygen atoms in total. The van der Waals surface area contributed by atoms with Gasteiger partial charge >= 0.3 is 17.3 Å². The first-order valence-corrected chi connectivity index (χ1v) is 6.66. The normalized spacial score (nSPS) is 10.5. The first-order chi connectivity index (χ1) is 11.3. The van der Waals surface area contributed by atoms with E-state index in [-0.39, 0.29) is 41.7 Å². The molecule has 0 bridgehead atoms. The predicted octanol–water partition coefficient (Wildman–Crippen LogP) is 1.89.